The number of aromatic nitrogens is 2. The Hall–Kier alpha value is -2.96. The van der Waals surface area contributed by atoms with Crippen molar-refractivity contribution in [1.29, 1.82) is 0 Å². The zero-order valence-electron chi connectivity index (χ0n) is 14.9. The average Bonchev–Trinajstić information content (AvgIpc) is 2.73. The van der Waals surface area contributed by atoms with Crippen LogP contribution in [-0.2, 0) is 13.1 Å². The molecular formula is C20H20ClN5O. The van der Waals surface area contributed by atoms with E-state index in [1.807, 2.05) is 54.4 Å². The molecule has 7 heteroatoms. The normalized spacial score (nSPS) is 10.5. The molecule has 1 aromatic heterocycles. The second kappa shape index (κ2) is 8.62. The van der Waals surface area contributed by atoms with Crippen LogP contribution in [-0.4, -0.2) is 22.9 Å². The van der Waals surface area contributed by atoms with Crippen LogP contribution in [0.2, 0.25) is 0 Å². The van der Waals surface area contributed by atoms with E-state index < -0.39 is 0 Å². The summed E-state index contributed by atoms with van der Waals surface area (Å²) < 4.78 is 1.13. The predicted molar refractivity (Wildman–Crippen MR) is 108 cm³/mol. The summed E-state index contributed by atoms with van der Waals surface area (Å²) in [6.45, 7) is 0.939. The Bertz CT molecular complexity index is 919. The molecule has 3 rings (SSSR count). The van der Waals surface area contributed by atoms with Crippen molar-refractivity contribution in [2.45, 2.75) is 13.1 Å². The number of anilines is 2. The van der Waals surface area contributed by atoms with E-state index in [0.717, 1.165) is 21.5 Å². The Labute approximate surface area is 163 Å². The summed E-state index contributed by atoms with van der Waals surface area (Å²) in [5.41, 5.74) is 8.52. The largest absolute Gasteiger partial charge is 0.355 e. The van der Waals surface area contributed by atoms with Crippen molar-refractivity contribution in [3.63, 3.8) is 0 Å². The topological polar surface area (TPSA) is 75.4 Å². The molecule has 0 bridgehead atoms. The van der Waals surface area contributed by atoms with Gasteiger partial charge in [-0.3, -0.25) is 4.79 Å². The average molecular weight is 382 g/mol. The van der Waals surface area contributed by atoms with Gasteiger partial charge in [0, 0.05) is 43.5 Å². The summed E-state index contributed by atoms with van der Waals surface area (Å²) in [7, 11) is 1.93. The van der Waals surface area contributed by atoms with E-state index in [1.165, 1.54) is 6.33 Å². The van der Waals surface area contributed by atoms with E-state index in [0.29, 0.717) is 24.3 Å². The van der Waals surface area contributed by atoms with Crippen LogP contribution in [0.3, 0.4) is 0 Å². The lowest BCUT2D eigenvalue weighted by Crippen LogP contribution is -2.22. The molecule has 0 atom stereocenters. The third kappa shape index (κ3) is 4.61. The number of halogens is 1. The van der Waals surface area contributed by atoms with Crippen LogP contribution in [0, 0.1) is 0 Å². The smallest absolute Gasteiger partial charge is 0.272 e. The molecule has 3 aromatic rings. The van der Waals surface area contributed by atoms with Gasteiger partial charge in [0.05, 0.1) is 11.4 Å². The van der Waals surface area contributed by atoms with Crippen LogP contribution in [0.4, 0.5) is 11.5 Å². The van der Waals surface area contributed by atoms with Gasteiger partial charge in [0.15, 0.2) is 0 Å². The molecule has 0 fully saturated rings. The van der Waals surface area contributed by atoms with Crippen molar-refractivity contribution in [3.05, 3.63) is 83.8 Å². The number of amides is 1. The van der Waals surface area contributed by atoms with Crippen molar-refractivity contribution >= 4 is 29.2 Å². The Morgan fingerprint density at radius 1 is 1.07 bits per heavy atom. The minimum Gasteiger partial charge on any atom is -0.355 e. The molecule has 0 unspecified atom stereocenters. The number of benzene rings is 2. The summed E-state index contributed by atoms with van der Waals surface area (Å²) in [4.78, 5) is 23.0. The Balaban J connectivity index is 1.76. The van der Waals surface area contributed by atoms with Gasteiger partial charge in [0.25, 0.3) is 5.91 Å². The van der Waals surface area contributed by atoms with E-state index in [-0.39, 0.29) is 5.91 Å². The molecule has 2 N–H and O–H groups in total. The monoisotopic (exact) mass is 381 g/mol. The molecular weight excluding hydrogens is 362 g/mol. The summed E-state index contributed by atoms with van der Waals surface area (Å²) in [5, 5.41) is 0. The highest BCUT2D eigenvalue weighted by atomic mass is 35.5. The predicted octanol–water partition coefficient (Wildman–Crippen LogP) is 3.37. The molecule has 1 heterocycles. The standard InChI is InChI=1S/C20H20ClN5O/c1-25(19-11-17(12-22)23-14-24-19)13-15-6-5-7-16(10-15)20(27)26(21)18-8-3-2-4-9-18/h2-11,14H,12-13,22H2,1H3. The first-order chi connectivity index (χ1) is 13.1. The van der Waals surface area contributed by atoms with Gasteiger partial charge >= 0.3 is 0 Å². The first-order valence-corrected chi connectivity index (χ1v) is 8.78. The number of nitrogens with zero attached hydrogens (tertiary/aromatic N) is 4. The molecule has 1 amide bonds. The third-order valence-corrected chi connectivity index (χ3v) is 4.41. The SMILES string of the molecule is CN(Cc1cccc(C(=O)N(Cl)c2ccccc2)c1)c1cc(CN)ncn1. The molecule has 6 nitrogen and oxygen atoms in total. The van der Waals surface area contributed by atoms with Crippen molar-refractivity contribution in [1.82, 2.24) is 9.97 Å². The van der Waals surface area contributed by atoms with Crippen molar-refractivity contribution in [2.75, 3.05) is 16.4 Å². The lowest BCUT2D eigenvalue weighted by molar-refractivity contribution is 0.101. The summed E-state index contributed by atoms with van der Waals surface area (Å²) >= 11 is 6.22. The highest BCUT2D eigenvalue weighted by Crippen LogP contribution is 2.20. The van der Waals surface area contributed by atoms with Crippen molar-refractivity contribution < 1.29 is 4.79 Å². The number of carbonyl (C=O) groups excluding carboxylic acids is 1. The molecule has 0 radical (unpaired) electrons. The highest BCUT2D eigenvalue weighted by Gasteiger charge is 2.16. The summed E-state index contributed by atoms with van der Waals surface area (Å²) in [5.74, 6) is 0.491. The maximum Gasteiger partial charge on any atom is 0.272 e. The van der Waals surface area contributed by atoms with Gasteiger partial charge in [-0.05, 0) is 29.8 Å². The lowest BCUT2D eigenvalue weighted by Gasteiger charge is -2.19. The Morgan fingerprint density at radius 3 is 2.59 bits per heavy atom. The molecule has 0 saturated carbocycles. The van der Waals surface area contributed by atoms with Crippen LogP contribution >= 0.6 is 11.8 Å². The van der Waals surface area contributed by atoms with Crippen LogP contribution < -0.4 is 15.1 Å². The molecule has 0 aliphatic heterocycles. The van der Waals surface area contributed by atoms with E-state index in [1.54, 1.807) is 18.2 Å². The Morgan fingerprint density at radius 2 is 1.85 bits per heavy atom. The zero-order chi connectivity index (χ0) is 19.2. The fraction of sp³-hybridized carbons (Fsp3) is 0.150. The summed E-state index contributed by atoms with van der Waals surface area (Å²) in [6, 6.07) is 18.4. The van der Waals surface area contributed by atoms with Gasteiger partial charge < -0.3 is 10.6 Å². The van der Waals surface area contributed by atoms with Gasteiger partial charge in [-0.1, -0.05) is 30.3 Å². The molecule has 2 aromatic carbocycles. The first kappa shape index (κ1) is 18.8. The van der Waals surface area contributed by atoms with Crippen molar-refractivity contribution in [2.24, 2.45) is 5.73 Å². The lowest BCUT2D eigenvalue weighted by atomic mass is 10.1. The molecule has 0 aliphatic carbocycles. The molecule has 0 saturated heterocycles. The number of carbonyl (C=O) groups is 1. The van der Waals surface area contributed by atoms with Gasteiger partial charge in [-0.15, -0.1) is 0 Å². The summed E-state index contributed by atoms with van der Waals surface area (Å²) in [6.07, 6.45) is 1.50. The third-order valence-electron chi connectivity index (χ3n) is 4.06. The van der Waals surface area contributed by atoms with Gasteiger partial charge in [0.1, 0.15) is 12.1 Å². The maximum absolute atomic E-state index is 12.7. The first-order valence-electron chi connectivity index (χ1n) is 8.45. The molecule has 138 valence electrons. The molecule has 0 aliphatic rings. The van der Waals surface area contributed by atoms with Crippen LogP contribution in [0.1, 0.15) is 21.6 Å². The highest BCUT2D eigenvalue weighted by molar-refractivity contribution is 6.39. The fourth-order valence-corrected chi connectivity index (χ4v) is 2.86. The van der Waals surface area contributed by atoms with E-state index in [9.17, 15) is 4.79 Å². The van der Waals surface area contributed by atoms with Crippen LogP contribution in [0.25, 0.3) is 0 Å². The Kier molecular flexibility index (Phi) is 6.01. The second-order valence-corrected chi connectivity index (χ2v) is 6.39. The number of nitrogens with two attached hydrogens (primary N) is 1. The van der Waals surface area contributed by atoms with E-state index in [4.69, 9.17) is 17.5 Å². The maximum atomic E-state index is 12.7. The van der Waals surface area contributed by atoms with Crippen LogP contribution in [0.5, 0.6) is 0 Å². The minimum atomic E-state index is -0.278. The second-order valence-electron chi connectivity index (χ2n) is 6.05. The fourth-order valence-electron chi connectivity index (χ4n) is 2.65. The van der Waals surface area contributed by atoms with Gasteiger partial charge in [-0.2, -0.15) is 0 Å². The number of hydrogen-bond acceptors (Lipinski definition) is 5. The van der Waals surface area contributed by atoms with E-state index >= 15 is 0 Å². The quantitative estimate of drug-likeness (QED) is 0.662. The molecule has 0 spiro atoms. The number of para-hydroxylation sites is 1. The zero-order valence-corrected chi connectivity index (χ0v) is 15.7. The van der Waals surface area contributed by atoms with Crippen LogP contribution in [0.15, 0.2) is 67.0 Å². The van der Waals surface area contributed by atoms with Crippen molar-refractivity contribution in [3.8, 4) is 0 Å². The molecule has 27 heavy (non-hydrogen) atoms. The van der Waals surface area contributed by atoms with E-state index in [2.05, 4.69) is 9.97 Å². The van der Waals surface area contributed by atoms with Gasteiger partial charge in [0.2, 0.25) is 0 Å². The van der Waals surface area contributed by atoms with Gasteiger partial charge in [-0.25, -0.2) is 14.4 Å². The number of rotatable bonds is 6. The number of hydrogen-bond donors (Lipinski definition) is 1. The minimum absolute atomic E-state index is 0.278.